The molecule has 0 aliphatic carbocycles. The zero-order valence-corrected chi connectivity index (χ0v) is 8.45. The van der Waals surface area contributed by atoms with Gasteiger partial charge in [-0.1, -0.05) is 18.9 Å². The average Bonchev–Trinajstić information content (AvgIpc) is 2.45. The molecule has 14 heavy (non-hydrogen) atoms. The topological polar surface area (TPSA) is 42.1 Å². The van der Waals surface area contributed by atoms with Crippen molar-refractivity contribution in [1.82, 2.24) is 4.98 Å². The average molecular weight is 191 g/mol. The summed E-state index contributed by atoms with van der Waals surface area (Å²) in [6.07, 6.45) is 5.24. The Labute approximate surface area is 84.9 Å². The van der Waals surface area contributed by atoms with Crippen molar-refractivity contribution in [3.05, 3.63) is 18.2 Å². The van der Waals surface area contributed by atoms with Crippen molar-refractivity contribution in [2.24, 2.45) is 0 Å². The summed E-state index contributed by atoms with van der Waals surface area (Å²) in [4.78, 5) is 6.68. The third kappa shape index (κ3) is 2.16. The highest BCUT2D eigenvalue weighted by Gasteiger charge is 2.10. The number of hydrogen-bond acceptors (Lipinski definition) is 3. The van der Waals surface area contributed by atoms with Gasteiger partial charge in [-0.2, -0.15) is 0 Å². The smallest absolute Gasteiger partial charge is 0.130 e. The van der Waals surface area contributed by atoms with Crippen molar-refractivity contribution < 1.29 is 0 Å². The van der Waals surface area contributed by atoms with E-state index in [1.54, 1.807) is 0 Å². The molecule has 0 atom stereocenters. The Morgan fingerprint density at radius 3 is 2.43 bits per heavy atom. The van der Waals surface area contributed by atoms with Crippen LogP contribution in [0.1, 0.15) is 25.7 Å². The summed E-state index contributed by atoms with van der Waals surface area (Å²) in [5, 5.41) is 0. The van der Waals surface area contributed by atoms with Gasteiger partial charge < -0.3 is 10.6 Å². The molecule has 76 valence electrons. The Kier molecular flexibility index (Phi) is 2.87. The molecule has 1 saturated heterocycles. The van der Waals surface area contributed by atoms with Crippen LogP contribution in [0.2, 0.25) is 0 Å². The Bertz CT molecular complexity index is 290. The number of pyridine rings is 1. The predicted molar refractivity (Wildman–Crippen MR) is 59.3 cm³/mol. The highest BCUT2D eigenvalue weighted by molar-refractivity contribution is 5.44. The molecule has 0 spiro atoms. The first kappa shape index (κ1) is 9.31. The minimum atomic E-state index is 0.617. The van der Waals surface area contributed by atoms with E-state index in [9.17, 15) is 0 Å². The summed E-state index contributed by atoms with van der Waals surface area (Å²) in [6, 6.07) is 5.85. The monoisotopic (exact) mass is 191 g/mol. The standard InChI is InChI=1S/C11H17N3/c12-10-6-5-7-11(13-10)14-8-3-1-2-4-9-14/h5-7H,1-4,8-9H2,(H2,12,13). The van der Waals surface area contributed by atoms with E-state index in [4.69, 9.17) is 5.73 Å². The van der Waals surface area contributed by atoms with E-state index in [1.165, 1.54) is 25.7 Å². The van der Waals surface area contributed by atoms with E-state index in [1.807, 2.05) is 18.2 Å². The highest BCUT2D eigenvalue weighted by atomic mass is 15.2. The fraction of sp³-hybridized carbons (Fsp3) is 0.545. The van der Waals surface area contributed by atoms with Gasteiger partial charge in [0.2, 0.25) is 0 Å². The van der Waals surface area contributed by atoms with Crippen LogP contribution in [0.15, 0.2) is 18.2 Å². The zero-order valence-electron chi connectivity index (χ0n) is 8.45. The Morgan fingerprint density at radius 1 is 1.07 bits per heavy atom. The summed E-state index contributed by atoms with van der Waals surface area (Å²) < 4.78 is 0. The lowest BCUT2D eigenvalue weighted by Gasteiger charge is -2.21. The van der Waals surface area contributed by atoms with Crippen LogP contribution in [0.4, 0.5) is 11.6 Å². The number of aromatic nitrogens is 1. The first-order chi connectivity index (χ1) is 6.86. The molecule has 1 aliphatic heterocycles. The lowest BCUT2D eigenvalue weighted by atomic mass is 10.2. The van der Waals surface area contributed by atoms with Crippen molar-refractivity contribution in [3.8, 4) is 0 Å². The summed E-state index contributed by atoms with van der Waals surface area (Å²) in [5.41, 5.74) is 5.67. The van der Waals surface area contributed by atoms with Crippen molar-refractivity contribution in [2.75, 3.05) is 23.7 Å². The first-order valence-corrected chi connectivity index (χ1v) is 5.34. The fourth-order valence-corrected chi connectivity index (χ4v) is 1.92. The first-order valence-electron chi connectivity index (χ1n) is 5.34. The van der Waals surface area contributed by atoms with Gasteiger partial charge in [-0.3, -0.25) is 0 Å². The van der Waals surface area contributed by atoms with Crippen LogP contribution in [-0.4, -0.2) is 18.1 Å². The summed E-state index contributed by atoms with van der Waals surface area (Å²) >= 11 is 0. The normalized spacial score (nSPS) is 17.9. The van der Waals surface area contributed by atoms with Crippen LogP contribution in [-0.2, 0) is 0 Å². The summed E-state index contributed by atoms with van der Waals surface area (Å²) in [6.45, 7) is 2.24. The predicted octanol–water partition coefficient (Wildman–Crippen LogP) is 2.04. The molecule has 2 rings (SSSR count). The number of nitrogen functional groups attached to an aromatic ring is 1. The SMILES string of the molecule is Nc1cccc(N2CCCCCC2)n1. The van der Waals surface area contributed by atoms with Gasteiger partial charge in [0, 0.05) is 13.1 Å². The van der Waals surface area contributed by atoms with Gasteiger partial charge >= 0.3 is 0 Å². The highest BCUT2D eigenvalue weighted by Crippen LogP contribution is 2.17. The van der Waals surface area contributed by atoms with Crippen LogP contribution in [0.3, 0.4) is 0 Å². The molecule has 0 aromatic carbocycles. The molecule has 3 nitrogen and oxygen atoms in total. The second-order valence-corrected chi connectivity index (χ2v) is 3.82. The maximum absolute atomic E-state index is 5.67. The van der Waals surface area contributed by atoms with Gasteiger partial charge in [-0.15, -0.1) is 0 Å². The molecule has 0 amide bonds. The zero-order chi connectivity index (χ0) is 9.80. The number of nitrogens with two attached hydrogens (primary N) is 1. The second-order valence-electron chi connectivity index (χ2n) is 3.82. The number of anilines is 2. The Balaban J connectivity index is 2.12. The molecule has 1 aliphatic rings. The number of nitrogens with zero attached hydrogens (tertiary/aromatic N) is 2. The molecule has 1 fully saturated rings. The summed E-state index contributed by atoms with van der Waals surface area (Å²) in [7, 11) is 0. The van der Waals surface area contributed by atoms with E-state index < -0.39 is 0 Å². The fourth-order valence-electron chi connectivity index (χ4n) is 1.92. The quantitative estimate of drug-likeness (QED) is 0.738. The van der Waals surface area contributed by atoms with Gasteiger partial charge in [0.15, 0.2) is 0 Å². The second kappa shape index (κ2) is 4.31. The van der Waals surface area contributed by atoms with Crippen LogP contribution >= 0.6 is 0 Å². The molecule has 2 N–H and O–H groups in total. The molecule has 1 aromatic rings. The van der Waals surface area contributed by atoms with Crippen LogP contribution < -0.4 is 10.6 Å². The van der Waals surface area contributed by atoms with Gasteiger partial charge in [-0.05, 0) is 25.0 Å². The van der Waals surface area contributed by atoms with E-state index in [-0.39, 0.29) is 0 Å². The van der Waals surface area contributed by atoms with Crippen molar-refractivity contribution in [2.45, 2.75) is 25.7 Å². The molecule has 0 bridgehead atoms. The van der Waals surface area contributed by atoms with E-state index in [0.29, 0.717) is 5.82 Å². The molecule has 2 heterocycles. The maximum Gasteiger partial charge on any atom is 0.130 e. The minimum absolute atomic E-state index is 0.617. The molecule has 1 aromatic heterocycles. The largest absolute Gasteiger partial charge is 0.384 e. The molecular formula is C11H17N3. The Morgan fingerprint density at radius 2 is 1.79 bits per heavy atom. The molecule has 0 unspecified atom stereocenters. The van der Waals surface area contributed by atoms with Crippen molar-refractivity contribution >= 4 is 11.6 Å². The van der Waals surface area contributed by atoms with Crippen molar-refractivity contribution in [1.29, 1.82) is 0 Å². The van der Waals surface area contributed by atoms with Gasteiger partial charge in [0.25, 0.3) is 0 Å². The van der Waals surface area contributed by atoms with E-state index in [0.717, 1.165) is 18.9 Å². The summed E-state index contributed by atoms with van der Waals surface area (Å²) in [5.74, 6) is 1.65. The van der Waals surface area contributed by atoms with Crippen LogP contribution in [0.25, 0.3) is 0 Å². The van der Waals surface area contributed by atoms with Crippen LogP contribution in [0.5, 0.6) is 0 Å². The third-order valence-electron chi connectivity index (χ3n) is 2.69. The Hall–Kier alpha value is -1.25. The van der Waals surface area contributed by atoms with Gasteiger partial charge in [0.1, 0.15) is 11.6 Å². The lowest BCUT2D eigenvalue weighted by molar-refractivity contribution is 0.726. The third-order valence-corrected chi connectivity index (χ3v) is 2.69. The molecule has 3 heteroatoms. The van der Waals surface area contributed by atoms with Gasteiger partial charge in [0.05, 0.1) is 0 Å². The van der Waals surface area contributed by atoms with Gasteiger partial charge in [-0.25, -0.2) is 4.98 Å². The van der Waals surface area contributed by atoms with Crippen LogP contribution in [0, 0.1) is 0 Å². The van der Waals surface area contributed by atoms with E-state index in [2.05, 4.69) is 9.88 Å². The van der Waals surface area contributed by atoms with Crippen molar-refractivity contribution in [3.63, 3.8) is 0 Å². The number of rotatable bonds is 1. The number of hydrogen-bond donors (Lipinski definition) is 1. The maximum atomic E-state index is 5.67. The molecule has 0 radical (unpaired) electrons. The lowest BCUT2D eigenvalue weighted by Crippen LogP contribution is -2.24. The minimum Gasteiger partial charge on any atom is -0.384 e. The molecule has 0 saturated carbocycles. The molecular weight excluding hydrogens is 174 g/mol. The van der Waals surface area contributed by atoms with E-state index >= 15 is 0 Å².